The fraction of sp³-hybridized carbons (Fsp3) is 0.300. The number of nitrogens with one attached hydrogen (secondary N) is 1. The van der Waals surface area contributed by atoms with Gasteiger partial charge in [0.25, 0.3) is 5.91 Å². The molecular formula is C20H23N3O3S. The first-order valence-corrected chi connectivity index (χ1v) is 9.32. The molecule has 0 saturated carbocycles. The number of aryl methyl sites for hydroxylation is 3. The van der Waals surface area contributed by atoms with E-state index >= 15 is 0 Å². The highest BCUT2D eigenvalue weighted by Crippen LogP contribution is 2.30. The molecule has 1 N–H and O–H groups in total. The van der Waals surface area contributed by atoms with Crippen molar-refractivity contribution in [1.29, 1.82) is 0 Å². The first-order valence-electron chi connectivity index (χ1n) is 8.51. The molecule has 1 atom stereocenters. The number of ether oxygens (including phenoxy) is 2. The number of aromatic nitrogens is 2. The van der Waals surface area contributed by atoms with Gasteiger partial charge in [-0.1, -0.05) is 0 Å². The van der Waals surface area contributed by atoms with Crippen molar-refractivity contribution in [3.63, 3.8) is 0 Å². The molecule has 0 aliphatic carbocycles. The zero-order valence-corrected chi connectivity index (χ0v) is 16.9. The van der Waals surface area contributed by atoms with Crippen LogP contribution in [0.4, 0.5) is 0 Å². The van der Waals surface area contributed by atoms with Crippen LogP contribution < -0.4 is 14.8 Å². The Balaban J connectivity index is 2.02. The summed E-state index contributed by atoms with van der Waals surface area (Å²) in [6.45, 7) is 4.02. The van der Waals surface area contributed by atoms with Crippen molar-refractivity contribution in [3.8, 4) is 11.5 Å². The average Bonchev–Trinajstić information content (AvgIpc) is 3.24. The number of carbonyl (C=O) groups is 1. The number of hydrogen-bond acceptors (Lipinski definition) is 5. The number of carbonyl (C=O) groups excluding carboxylic acids is 1. The van der Waals surface area contributed by atoms with Crippen LogP contribution in [0.1, 0.15) is 37.5 Å². The molecular weight excluding hydrogens is 362 g/mol. The molecule has 2 heterocycles. The van der Waals surface area contributed by atoms with Crippen molar-refractivity contribution in [1.82, 2.24) is 14.9 Å². The molecule has 0 radical (unpaired) electrons. The quantitative estimate of drug-likeness (QED) is 0.704. The maximum atomic E-state index is 12.9. The molecule has 142 valence electrons. The van der Waals surface area contributed by atoms with E-state index in [1.54, 1.807) is 26.5 Å². The second kappa shape index (κ2) is 7.84. The number of methoxy groups -OCH3 is 2. The van der Waals surface area contributed by atoms with Crippen LogP contribution >= 0.6 is 11.3 Å². The van der Waals surface area contributed by atoms with Crippen molar-refractivity contribution in [2.75, 3.05) is 14.2 Å². The van der Waals surface area contributed by atoms with Crippen LogP contribution in [0.3, 0.4) is 0 Å². The summed E-state index contributed by atoms with van der Waals surface area (Å²) in [5.41, 5.74) is 1.94. The SMILES string of the molecule is COc1cc(OC)cc(C(NC(=O)c2cc(C)c(C)s2)c2nccn2C)c1. The summed E-state index contributed by atoms with van der Waals surface area (Å²) < 4.78 is 12.7. The van der Waals surface area contributed by atoms with E-state index in [4.69, 9.17) is 9.47 Å². The molecule has 0 aliphatic heterocycles. The summed E-state index contributed by atoms with van der Waals surface area (Å²) in [5, 5.41) is 3.11. The number of amides is 1. The van der Waals surface area contributed by atoms with Gasteiger partial charge < -0.3 is 19.4 Å². The zero-order valence-electron chi connectivity index (χ0n) is 16.1. The zero-order chi connectivity index (χ0) is 19.6. The van der Waals surface area contributed by atoms with Crippen LogP contribution in [0, 0.1) is 13.8 Å². The second-order valence-electron chi connectivity index (χ2n) is 6.30. The molecule has 27 heavy (non-hydrogen) atoms. The van der Waals surface area contributed by atoms with E-state index in [0.29, 0.717) is 16.4 Å². The molecule has 0 fully saturated rings. The van der Waals surface area contributed by atoms with Gasteiger partial charge in [0, 0.05) is 30.4 Å². The largest absolute Gasteiger partial charge is 0.497 e. The molecule has 0 bridgehead atoms. The lowest BCUT2D eigenvalue weighted by molar-refractivity contribution is 0.0945. The van der Waals surface area contributed by atoms with Crippen LogP contribution in [0.25, 0.3) is 0 Å². The number of imidazole rings is 1. The molecule has 1 unspecified atom stereocenters. The van der Waals surface area contributed by atoms with Gasteiger partial charge in [0.05, 0.1) is 19.1 Å². The predicted molar refractivity (Wildman–Crippen MR) is 106 cm³/mol. The minimum absolute atomic E-state index is 0.133. The number of benzene rings is 1. The lowest BCUT2D eigenvalue weighted by Crippen LogP contribution is -2.30. The van der Waals surface area contributed by atoms with Crippen molar-refractivity contribution in [3.05, 3.63) is 63.4 Å². The summed E-state index contributed by atoms with van der Waals surface area (Å²) in [7, 11) is 5.10. The van der Waals surface area contributed by atoms with E-state index in [2.05, 4.69) is 10.3 Å². The highest BCUT2D eigenvalue weighted by molar-refractivity contribution is 7.14. The van der Waals surface area contributed by atoms with Crippen molar-refractivity contribution in [2.24, 2.45) is 7.05 Å². The van der Waals surface area contributed by atoms with E-state index in [0.717, 1.165) is 21.8 Å². The topological polar surface area (TPSA) is 65.4 Å². The van der Waals surface area contributed by atoms with E-state index in [1.165, 1.54) is 11.3 Å². The third kappa shape index (κ3) is 3.98. The van der Waals surface area contributed by atoms with Crippen LogP contribution in [0.15, 0.2) is 36.7 Å². The maximum Gasteiger partial charge on any atom is 0.262 e. The number of thiophene rings is 1. The Labute approximate surface area is 162 Å². The first-order chi connectivity index (χ1) is 12.9. The lowest BCUT2D eigenvalue weighted by atomic mass is 10.0. The summed E-state index contributed by atoms with van der Waals surface area (Å²) in [6.07, 6.45) is 3.57. The molecule has 6 nitrogen and oxygen atoms in total. The van der Waals surface area contributed by atoms with Crippen molar-refractivity contribution < 1.29 is 14.3 Å². The number of hydrogen-bond donors (Lipinski definition) is 1. The van der Waals surface area contributed by atoms with Crippen molar-refractivity contribution in [2.45, 2.75) is 19.9 Å². The van der Waals surface area contributed by atoms with Crippen molar-refractivity contribution >= 4 is 17.2 Å². The van der Waals surface area contributed by atoms with Gasteiger partial charge in [-0.25, -0.2) is 4.98 Å². The Bertz CT molecular complexity index is 920. The first kappa shape index (κ1) is 19.0. The third-order valence-corrected chi connectivity index (χ3v) is 5.64. The van der Waals surface area contributed by atoms with Gasteiger partial charge in [0.1, 0.15) is 23.4 Å². The Morgan fingerprint density at radius 3 is 2.30 bits per heavy atom. The monoisotopic (exact) mass is 385 g/mol. The predicted octanol–water partition coefficient (Wildman–Crippen LogP) is 3.64. The number of rotatable bonds is 6. The molecule has 3 rings (SSSR count). The summed E-state index contributed by atoms with van der Waals surface area (Å²) >= 11 is 1.49. The van der Waals surface area contributed by atoms with Crippen LogP contribution in [-0.2, 0) is 7.05 Å². The summed E-state index contributed by atoms with van der Waals surface area (Å²) in [5.74, 6) is 1.90. The fourth-order valence-corrected chi connectivity index (χ4v) is 3.77. The minimum atomic E-state index is -0.441. The second-order valence-corrected chi connectivity index (χ2v) is 7.55. The van der Waals surface area contributed by atoms with Gasteiger partial charge in [-0.3, -0.25) is 4.79 Å². The molecule has 0 spiro atoms. The number of nitrogens with zero attached hydrogens (tertiary/aromatic N) is 2. The Hall–Kier alpha value is -2.80. The van der Waals surface area contributed by atoms with Gasteiger partial charge in [-0.2, -0.15) is 0 Å². The van der Waals surface area contributed by atoms with Crippen LogP contribution in [0.5, 0.6) is 11.5 Å². The molecule has 1 aromatic carbocycles. The summed E-state index contributed by atoms with van der Waals surface area (Å²) in [4.78, 5) is 19.2. The Morgan fingerprint density at radius 2 is 1.81 bits per heavy atom. The highest BCUT2D eigenvalue weighted by atomic mass is 32.1. The molecule has 1 amide bonds. The normalized spacial score (nSPS) is 11.9. The van der Waals surface area contributed by atoms with E-state index in [1.807, 2.05) is 49.9 Å². The fourth-order valence-electron chi connectivity index (χ4n) is 2.84. The molecule has 0 saturated heterocycles. The molecule has 3 aromatic rings. The maximum absolute atomic E-state index is 12.9. The van der Waals surface area contributed by atoms with Crippen LogP contribution in [0.2, 0.25) is 0 Å². The Morgan fingerprint density at radius 1 is 1.15 bits per heavy atom. The summed E-state index contributed by atoms with van der Waals surface area (Å²) in [6, 6.07) is 7.04. The van der Waals surface area contributed by atoms with Gasteiger partial charge in [0.15, 0.2) is 0 Å². The highest BCUT2D eigenvalue weighted by Gasteiger charge is 2.24. The third-order valence-electron chi connectivity index (χ3n) is 4.49. The average molecular weight is 385 g/mol. The lowest BCUT2D eigenvalue weighted by Gasteiger charge is -2.20. The van der Waals surface area contributed by atoms with Gasteiger partial charge in [-0.05, 0) is 43.2 Å². The Kier molecular flexibility index (Phi) is 5.51. The van der Waals surface area contributed by atoms with Gasteiger partial charge in [0.2, 0.25) is 0 Å². The van der Waals surface area contributed by atoms with E-state index < -0.39 is 6.04 Å². The van der Waals surface area contributed by atoms with Gasteiger partial charge >= 0.3 is 0 Å². The van der Waals surface area contributed by atoms with E-state index in [9.17, 15) is 4.79 Å². The smallest absolute Gasteiger partial charge is 0.262 e. The van der Waals surface area contributed by atoms with Gasteiger partial charge in [-0.15, -0.1) is 11.3 Å². The molecule has 2 aromatic heterocycles. The standard InChI is InChI=1S/C20H23N3O3S/c1-12-8-17(27-13(12)2)20(24)22-18(19-21-6-7-23(19)3)14-9-15(25-4)11-16(10-14)26-5/h6-11,18H,1-5H3,(H,22,24). The van der Waals surface area contributed by atoms with Crippen LogP contribution in [-0.4, -0.2) is 29.7 Å². The molecule has 0 aliphatic rings. The molecule has 7 heteroatoms. The minimum Gasteiger partial charge on any atom is -0.497 e. The van der Waals surface area contributed by atoms with E-state index in [-0.39, 0.29) is 5.91 Å².